The summed E-state index contributed by atoms with van der Waals surface area (Å²) in [6, 6.07) is 6.13. The number of benzene rings is 1. The van der Waals surface area contributed by atoms with Crippen LogP contribution in [0.25, 0.3) is 0 Å². The molecule has 0 saturated heterocycles. The highest BCUT2D eigenvalue weighted by Crippen LogP contribution is 2.20. The van der Waals surface area contributed by atoms with Crippen LogP contribution in [-0.4, -0.2) is 19.0 Å². The summed E-state index contributed by atoms with van der Waals surface area (Å²) in [7, 11) is 0. The van der Waals surface area contributed by atoms with Crippen molar-refractivity contribution in [3.8, 4) is 0 Å². The second-order valence-corrected chi connectivity index (χ2v) is 3.69. The third kappa shape index (κ3) is 2.55. The number of alkyl halides is 1. The van der Waals surface area contributed by atoms with Gasteiger partial charge >= 0.3 is 0 Å². The molecule has 0 bridgehead atoms. The van der Waals surface area contributed by atoms with Crippen molar-refractivity contribution in [2.45, 2.75) is 13.8 Å². The third-order valence-electron chi connectivity index (χ3n) is 2.36. The van der Waals surface area contributed by atoms with Crippen LogP contribution in [0.5, 0.6) is 0 Å². The van der Waals surface area contributed by atoms with Gasteiger partial charge in [0.05, 0.1) is 0 Å². The van der Waals surface area contributed by atoms with E-state index in [1.807, 2.05) is 19.1 Å². The van der Waals surface area contributed by atoms with Crippen molar-refractivity contribution in [2.24, 2.45) is 0 Å². The van der Waals surface area contributed by atoms with Crippen LogP contribution in [0.2, 0.25) is 0 Å². The van der Waals surface area contributed by atoms with Gasteiger partial charge in [0.25, 0.3) is 0 Å². The van der Waals surface area contributed by atoms with Crippen LogP contribution in [0, 0.1) is 6.92 Å². The van der Waals surface area contributed by atoms with Gasteiger partial charge in [-0.25, -0.2) is 0 Å². The molecule has 0 atom stereocenters. The lowest BCUT2D eigenvalue weighted by molar-refractivity contribution is 0.870. The monoisotopic (exact) mass is 212 g/mol. The summed E-state index contributed by atoms with van der Waals surface area (Å²) in [5, 5.41) is 0. The summed E-state index contributed by atoms with van der Waals surface area (Å²) in [5.41, 5.74) is 8.96. The summed E-state index contributed by atoms with van der Waals surface area (Å²) in [5.74, 6) is 0.640. The predicted octanol–water partition coefficient (Wildman–Crippen LogP) is 2.64. The first-order valence-corrected chi connectivity index (χ1v) is 5.39. The van der Waals surface area contributed by atoms with Crippen LogP contribution >= 0.6 is 11.6 Å². The number of anilines is 2. The summed E-state index contributed by atoms with van der Waals surface area (Å²) >= 11 is 5.72. The second-order valence-electron chi connectivity index (χ2n) is 3.31. The molecule has 2 N–H and O–H groups in total. The molecular weight excluding hydrogens is 196 g/mol. The first-order valence-electron chi connectivity index (χ1n) is 4.86. The van der Waals surface area contributed by atoms with Crippen LogP contribution in [-0.2, 0) is 0 Å². The molecule has 0 aliphatic carbocycles. The zero-order valence-electron chi connectivity index (χ0n) is 8.76. The van der Waals surface area contributed by atoms with Crippen molar-refractivity contribution < 1.29 is 0 Å². The molecule has 0 radical (unpaired) electrons. The van der Waals surface area contributed by atoms with Crippen molar-refractivity contribution >= 4 is 23.0 Å². The Kier molecular flexibility index (Phi) is 4.08. The van der Waals surface area contributed by atoms with Gasteiger partial charge in [-0.1, -0.05) is 6.07 Å². The number of nitrogen functional groups attached to an aromatic ring is 1. The topological polar surface area (TPSA) is 29.3 Å². The minimum Gasteiger partial charge on any atom is -0.398 e. The molecule has 2 nitrogen and oxygen atoms in total. The molecule has 1 rings (SSSR count). The zero-order valence-corrected chi connectivity index (χ0v) is 9.51. The summed E-state index contributed by atoms with van der Waals surface area (Å²) in [6.07, 6.45) is 0. The lowest BCUT2D eigenvalue weighted by Gasteiger charge is -2.22. The number of halogens is 1. The maximum absolute atomic E-state index is 5.85. The number of aryl methyl sites for hydroxylation is 1. The molecule has 0 spiro atoms. The average molecular weight is 213 g/mol. The molecule has 3 heteroatoms. The number of nitrogens with two attached hydrogens (primary N) is 1. The average Bonchev–Trinajstić information content (AvgIpc) is 2.19. The normalized spacial score (nSPS) is 10.2. The molecule has 0 amide bonds. The van der Waals surface area contributed by atoms with Crippen LogP contribution in [0.3, 0.4) is 0 Å². The van der Waals surface area contributed by atoms with Crippen molar-refractivity contribution in [3.05, 3.63) is 23.8 Å². The summed E-state index contributed by atoms with van der Waals surface area (Å²) < 4.78 is 0. The molecular formula is C11H17ClN2. The van der Waals surface area contributed by atoms with E-state index >= 15 is 0 Å². The van der Waals surface area contributed by atoms with Gasteiger partial charge in [-0.15, -0.1) is 11.6 Å². The van der Waals surface area contributed by atoms with E-state index in [1.54, 1.807) is 0 Å². The SMILES string of the molecule is CCN(CCCl)c1ccc(C)c(N)c1. The first kappa shape index (κ1) is 11.2. The molecule has 0 aromatic heterocycles. The van der Waals surface area contributed by atoms with Crippen LogP contribution in [0.1, 0.15) is 12.5 Å². The molecule has 0 fully saturated rings. The standard InChI is InChI=1S/C11H17ClN2/c1-3-14(7-6-12)10-5-4-9(2)11(13)8-10/h4-5,8H,3,6-7,13H2,1-2H3. The van der Waals surface area contributed by atoms with Crippen molar-refractivity contribution in [1.82, 2.24) is 0 Å². The van der Waals surface area contributed by atoms with E-state index in [1.165, 1.54) is 0 Å². The summed E-state index contributed by atoms with van der Waals surface area (Å²) in [4.78, 5) is 2.21. The molecule has 0 aliphatic heterocycles. The zero-order chi connectivity index (χ0) is 10.6. The van der Waals surface area contributed by atoms with E-state index in [0.717, 1.165) is 30.0 Å². The third-order valence-corrected chi connectivity index (χ3v) is 2.53. The van der Waals surface area contributed by atoms with Gasteiger partial charge in [0.2, 0.25) is 0 Å². The molecule has 1 aromatic rings. The van der Waals surface area contributed by atoms with Crippen LogP contribution < -0.4 is 10.6 Å². The molecule has 0 aliphatic rings. The number of rotatable bonds is 4. The van der Waals surface area contributed by atoms with E-state index in [4.69, 9.17) is 17.3 Å². The highest BCUT2D eigenvalue weighted by Gasteiger charge is 2.04. The maximum atomic E-state index is 5.85. The molecule has 14 heavy (non-hydrogen) atoms. The number of hydrogen-bond donors (Lipinski definition) is 1. The molecule has 0 saturated carbocycles. The van der Waals surface area contributed by atoms with E-state index in [9.17, 15) is 0 Å². The Balaban J connectivity index is 2.88. The minimum absolute atomic E-state index is 0.640. The Labute approximate surface area is 90.7 Å². The second kappa shape index (κ2) is 5.11. The summed E-state index contributed by atoms with van der Waals surface area (Å²) in [6.45, 7) is 5.94. The molecule has 0 unspecified atom stereocenters. The Bertz CT molecular complexity index is 299. The molecule has 0 heterocycles. The van der Waals surface area contributed by atoms with Gasteiger partial charge in [0.1, 0.15) is 0 Å². The molecule has 1 aromatic carbocycles. The number of hydrogen-bond acceptors (Lipinski definition) is 2. The highest BCUT2D eigenvalue weighted by atomic mass is 35.5. The van der Waals surface area contributed by atoms with Crippen LogP contribution in [0.15, 0.2) is 18.2 Å². The van der Waals surface area contributed by atoms with Crippen molar-refractivity contribution in [2.75, 3.05) is 29.6 Å². The first-order chi connectivity index (χ1) is 6.69. The van der Waals surface area contributed by atoms with Crippen molar-refractivity contribution in [1.29, 1.82) is 0 Å². The smallest absolute Gasteiger partial charge is 0.0399 e. The van der Waals surface area contributed by atoms with Gasteiger partial charge in [-0.3, -0.25) is 0 Å². The Morgan fingerprint density at radius 1 is 1.43 bits per heavy atom. The van der Waals surface area contributed by atoms with Crippen LogP contribution in [0.4, 0.5) is 11.4 Å². The van der Waals surface area contributed by atoms with E-state index in [0.29, 0.717) is 5.88 Å². The van der Waals surface area contributed by atoms with Gasteiger partial charge in [0, 0.05) is 30.3 Å². The van der Waals surface area contributed by atoms with Gasteiger partial charge in [-0.2, -0.15) is 0 Å². The fourth-order valence-electron chi connectivity index (χ4n) is 1.40. The van der Waals surface area contributed by atoms with E-state index < -0.39 is 0 Å². The molecule has 78 valence electrons. The highest BCUT2D eigenvalue weighted by molar-refractivity contribution is 6.18. The van der Waals surface area contributed by atoms with Gasteiger partial charge < -0.3 is 10.6 Å². The van der Waals surface area contributed by atoms with Gasteiger partial charge in [-0.05, 0) is 31.5 Å². The Hall–Kier alpha value is -0.890. The largest absolute Gasteiger partial charge is 0.398 e. The quantitative estimate of drug-likeness (QED) is 0.614. The fourth-order valence-corrected chi connectivity index (χ4v) is 1.60. The maximum Gasteiger partial charge on any atom is 0.0399 e. The lowest BCUT2D eigenvalue weighted by atomic mass is 10.2. The minimum atomic E-state index is 0.640. The van der Waals surface area contributed by atoms with Gasteiger partial charge in [0.15, 0.2) is 0 Å². The van der Waals surface area contributed by atoms with Crippen molar-refractivity contribution in [3.63, 3.8) is 0 Å². The number of nitrogens with zero attached hydrogens (tertiary/aromatic N) is 1. The Morgan fingerprint density at radius 3 is 2.64 bits per heavy atom. The predicted molar refractivity (Wildman–Crippen MR) is 64.2 cm³/mol. The van der Waals surface area contributed by atoms with E-state index in [-0.39, 0.29) is 0 Å². The fraction of sp³-hybridized carbons (Fsp3) is 0.455. The Morgan fingerprint density at radius 2 is 2.14 bits per heavy atom. The van der Waals surface area contributed by atoms with E-state index in [2.05, 4.69) is 17.9 Å². The lowest BCUT2D eigenvalue weighted by Crippen LogP contribution is -2.24.